The Balaban J connectivity index is 2.26. The molecule has 5 nitrogen and oxygen atoms in total. The van der Waals surface area contributed by atoms with Crippen molar-refractivity contribution < 1.29 is 14.7 Å². The molecule has 0 aromatic heterocycles. The van der Waals surface area contributed by atoms with Gasteiger partial charge in [-0.3, -0.25) is 0 Å². The normalized spacial score (nSPS) is 9.67. The number of rotatable bonds is 8. The van der Waals surface area contributed by atoms with Gasteiger partial charge < -0.3 is 15.7 Å². The molecule has 0 spiro atoms. The SMILES string of the molecule is C#CCSCCNC(=O)NCCc1ccccc1C(=O)O. The Labute approximate surface area is 128 Å². The fraction of sp³-hybridized carbons (Fsp3) is 0.333. The summed E-state index contributed by atoms with van der Waals surface area (Å²) in [6, 6.07) is 6.51. The number of hydrogen-bond acceptors (Lipinski definition) is 3. The minimum atomic E-state index is -0.958. The van der Waals surface area contributed by atoms with Crippen LogP contribution in [-0.2, 0) is 6.42 Å². The summed E-state index contributed by atoms with van der Waals surface area (Å²) in [5.41, 5.74) is 0.972. The number of amides is 2. The molecule has 112 valence electrons. The number of carboxylic acids is 1. The summed E-state index contributed by atoms with van der Waals surface area (Å²) in [5.74, 6) is 2.95. The van der Waals surface area contributed by atoms with Crippen molar-refractivity contribution in [1.29, 1.82) is 0 Å². The smallest absolute Gasteiger partial charge is 0.335 e. The Morgan fingerprint density at radius 2 is 1.95 bits per heavy atom. The number of terminal acetylenes is 1. The van der Waals surface area contributed by atoms with E-state index in [1.165, 1.54) is 0 Å². The maximum absolute atomic E-state index is 11.5. The Hall–Kier alpha value is -2.13. The first-order chi connectivity index (χ1) is 10.1. The third-order valence-electron chi connectivity index (χ3n) is 2.65. The fourth-order valence-corrected chi connectivity index (χ4v) is 2.20. The van der Waals surface area contributed by atoms with Gasteiger partial charge in [-0.2, -0.15) is 0 Å². The molecule has 1 rings (SSSR count). The summed E-state index contributed by atoms with van der Waals surface area (Å²) in [6.07, 6.45) is 5.59. The molecule has 0 radical (unpaired) electrons. The summed E-state index contributed by atoms with van der Waals surface area (Å²) in [4.78, 5) is 22.5. The van der Waals surface area contributed by atoms with Crippen LogP contribution in [0.25, 0.3) is 0 Å². The minimum Gasteiger partial charge on any atom is -0.478 e. The molecule has 21 heavy (non-hydrogen) atoms. The zero-order chi connectivity index (χ0) is 15.5. The van der Waals surface area contributed by atoms with Crippen LogP contribution in [0.5, 0.6) is 0 Å². The van der Waals surface area contributed by atoms with Crippen LogP contribution in [0.1, 0.15) is 15.9 Å². The standard InChI is InChI=1S/C15H18N2O3S/c1-2-10-21-11-9-17-15(20)16-8-7-12-5-3-4-6-13(12)14(18)19/h1,3-6H,7-11H2,(H,18,19)(H2,16,17,20). The Bertz CT molecular complexity index is 526. The van der Waals surface area contributed by atoms with Crippen LogP contribution >= 0.6 is 11.8 Å². The van der Waals surface area contributed by atoms with Crippen LogP contribution < -0.4 is 10.6 Å². The van der Waals surface area contributed by atoms with Crippen molar-refractivity contribution in [2.45, 2.75) is 6.42 Å². The van der Waals surface area contributed by atoms with Crippen molar-refractivity contribution in [2.75, 3.05) is 24.6 Å². The number of benzene rings is 1. The number of carbonyl (C=O) groups is 2. The number of aromatic carboxylic acids is 1. The van der Waals surface area contributed by atoms with Gasteiger partial charge in [-0.05, 0) is 18.1 Å². The molecule has 0 aliphatic carbocycles. The molecule has 0 aliphatic rings. The van der Waals surface area contributed by atoms with Gasteiger partial charge in [0.05, 0.1) is 11.3 Å². The molecule has 1 aromatic carbocycles. The molecule has 0 bridgehead atoms. The monoisotopic (exact) mass is 306 g/mol. The second-order valence-electron chi connectivity index (χ2n) is 4.15. The Morgan fingerprint density at radius 1 is 1.24 bits per heavy atom. The van der Waals surface area contributed by atoms with E-state index in [1.54, 1.807) is 36.0 Å². The number of urea groups is 1. The summed E-state index contributed by atoms with van der Waals surface area (Å²) < 4.78 is 0. The maximum atomic E-state index is 11.5. The van der Waals surface area contributed by atoms with E-state index in [0.717, 1.165) is 5.75 Å². The van der Waals surface area contributed by atoms with E-state index in [4.69, 9.17) is 11.5 Å². The van der Waals surface area contributed by atoms with Gasteiger partial charge in [-0.15, -0.1) is 18.2 Å². The third kappa shape index (κ3) is 6.72. The van der Waals surface area contributed by atoms with Crippen LogP contribution in [0.4, 0.5) is 4.79 Å². The van der Waals surface area contributed by atoms with Crippen LogP contribution in [-0.4, -0.2) is 41.7 Å². The average Bonchev–Trinajstić information content (AvgIpc) is 2.47. The van der Waals surface area contributed by atoms with Gasteiger partial charge in [0.15, 0.2) is 0 Å². The predicted octanol–water partition coefficient (Wildman–Crippen LogP) is 1.59. The van der Waals surface area contributed by atoms with E-state index in [2.05, 4.69) is 16.6 Å². The molecule has 0 saturated heterocycles. The summed E-state index contributed by atoms with van der Waals surface area (Å²) in [5, 5.41) is 14.5. The number of carbonyl (C=O) groups excluding carboxylic acids is 1. The van der Waals surface area contributed by atoms with E-state index in [9.17, 15) is 9.59 Å². The molecule has 0 atom stereocenters. The molecular formula is C15H18N2O3S. The van der Waals surface area contributed by atoms with Crippen molar-refractivity contribution in [1.82, 2.24) is 10.6 Å². The zero-order valence-corrected chi connectivity index (χ0v) is 12.4. The largest absolute Gasteiger partial charge is 0.478 e. The second-order valence-corrected chi connectivity index (χ2v) is 5.26. The lowest BCUT2D eigenvalue weighted by atomic mass is 10.0. The highest BCUT2D eigenvalue weighted by Crippen LogP contribution is 2.08. The van der Waals surface area contributed by atoms with Crippen molar-refractivity contribution in [3.63, 3.8) is 0 Å². The first-order valence-corrected chi connectivity index (χ1v) is 7.64. The molecule has 6 heteroatoms. The van der Waals surface area contributed by atoms with Crippen molar-refractivity contribution in [3.8, 4) is 12.3 Å². The second kappa shape index (κ2) is 9.72. The fourth-order valence-electron chi connectivity index (χ4n) is 1.69. The van der Waals surface area contributed by atoms with E-state index >= 15 is 0 Å². The van der Waals surface area contributed by atoms with E-state index < -0.39 is 5.97 Å². The minimum absolute atomic E-state index is 0.260. The van der Waals surface area contributed by atoms with Gasteiger partial charge in [0.25, 0.3) is 0 Å². The highest BCUT2D eigenvalue weighted by molar-refractivity contribution is 7.99. The number of carboxylic acid groups (broad SMARTS) is 1. The molecule has 0 saturated carbocycles. The lowest BCUT2D eigenvalue weighted by Gasteiger charge is -2.08. The van der Waals surface area contributed by atoms with E-state index in [0.29, 0.717) is 30.8 Å². The molecule has 0 unspecified atom stereocenters. The molecule has 2 amide bonds. The van der Waals surface area contributed by atoms with Gasteiger partial charge >= 0.3 is 12.0 Å². The average molecular weight is 306 g/mol. The molecule has 0 heterocycles. The zero-order valence-electron chi connectivity index (χ0n) is 11.6. The number of hydrogen-bond donors (Lipinski definition) is 3. The van der Waals surface area contributed by atoms with Crippen LogP contribution in [0.2, 0.25) is 0 Å². The summed E-state index contributed by atoms with van der Waals surface area (Å²) >= 11 is 1.58. The Morgan fingerprint density at radius 3 is 2.67 bits per heavy atom. The quantitative estimate of drug-likeness (QED) is 0.503. The first-order valence-electron chi connectivity index (χ1n) is 6.49. The number of nitrogens with one attached hydrogen (secondary N) is 2. The predicted molar refractivity (Wildman–Crippen MR) is 84.7 cm³/mol. The summed E-state index contributed by atoms with van der Waals surface area (Å²) in [7, 11) is 0. The van der Waals surface area contributed by atoms with Gasteiger partial charge in [0, 0.05) is 18.8 Å². The lowest BCUT2D eigenvalue weighted by Crippen LogP contribution is -2.37. The van der Waals surface area contributed by atoms with E-state index in [-0.39, 0.29) is 11.6 Å². The lowest BCUT2D eigenvalue weighted by molar-refractivity contribution is 0.0695. The third-order valence-corrected chi connectivity index (χ3v) is 3.51. The van der Waals surface area contributed by atoms with Gasteiger partial charge in [0.1, 0.15) is 0 Å². The summed E-state index contributed by atoms with van der Waals surface area (Å²) in [6.45, 7) is 0.928. The molecular weight excluding hydrogens is 288 g/mol. The highest BCUT2D eigenvalue weighted by Gasteiger charge is 2.08. The van der Waals surface area contributed by atoms with Crippen LogP contribution in [0.3, 0.4) is 0 Å². The van der Waals surface area contributed by atoms with Crippen LogP contribution in [0.15, 0.2) is 24.3 Å². The topological polar surface area (TPSA) is 78.4 Å². The molecule has 0 fully saturated rings. The maximum Gasteiger partial charge on any atom is 0.335 e. The Kier molecular flexibility index (Phi) is 7.84. The molecule has 3 N–H and O–H groups in total. The number of thioether (sulfide) groups is 1. The molecule has 0 aliphatic heterocycles. The highest BCUT2D eigenvalue weighted by atomic mass is 32.2. The van der Waals surface area contributed by atoms with Gasteiger partial charge in [-0.25, -0.2) is 9.59 Å². The van der Waals surface area contributed by atoms with Crippen molar-refractivity contribution >= 4 is 23.8 Å². The van der Waals surface area contributed by atoms with Crippen molar-refractivity contribution in [2.24, 2.45) is 0 Å². The molecule has 1 aromatic rings. The van der Waals surface area contributed by atoms with E-state index in [1.807, 2.05) is 0 Å². The van der Waals surface area contributed by atoms with Crippen molar-refractivity contribution in [3.05, 3.63) is 35.4 Å². The van der Waals surface area contributed by atoms with Gasteiger partial charge in [0.2, 0.25) is 0 Å². The van der Waals surface area contributed by atoms with Crippen LogP contribution in [0, 0.1) is 12.3 Å². The first kappa shape index (κ1) is 16.9. The van der Waals surface area contributed by atoms with Gasteiger partial charge in [-0.1, -0.05) is 24.1 Å².